The molecule has 3 aromatic rings. The van der Waals surface area contributed by atoms with Crippen LogP contribution in [0.1, 0.15) is 31.4 Å². The third kappa shape index (κ3) is 3.42. The Labute approximate surface area is 149 Å². The molecule has 0 saturated carbocycles. The first kappa shape index (κ1) is 17.5. The molecular weight excluding hydrogens is 336 g/mol. The summed E-state index contributed by atoms with van der Waals surface area (Å²) in [5, 5.41) is 1.13. The van der Waals surface area contributed by atoms with Gasteiger partial charge < -0.3 is 4.57 Å². The number of aryl methyl sites for hydroxylation is 2. The highest BCUT2D eigenvalue weighted by atomic mass is 32.2. The summed E-state index contributed by atoms with van der Waals surface area (Å²) in [6, 6.07) is 8.18. The monoisotopic (exact) mass is 358 g/mol. The lowest BCUT2D eigenvalue weighted by atomic mass is 10.1. The quantitative estimate of drug-likeness (QED) is 0.712. The molecule has 0 radical (unpaired) electrons. The molecule has 1 unspecified atom stereocenters. The lowest BCUT2D eigenvalue weighted by molar-refractivity contribution is 0.723. The number of nitrogens with one attached hydrogen (secondary N) is 1. The number of benzene rings is 1. The van der Waals surface area contributed by atoms with Gasteiger partial charge in [0.25, 0.3) is 5.56 Å². The SMILES string of the molecule is CCC(C)Sc1nc2c(c(=O)[nH]c(=O)n2C)n1Cc1cccc(C)c1. The molecule has 7 heteroatoms. The van der Waals surface area contributed by atoms with Gasteiger partial charge >= 0.3 is 5.69 Å². The van der Waals surface area contributed by atoms with E-state index in [2.05, 4.69) is 29.9 Å². The van der Waals surface area contributed by atoms with Crippen LogP contribution >= 0.6 is 11.8 Å². The largest absolute Gasteiger partial charge is 0.329 e. The van der Waals surface area contributed by atoms with Crippen molar-refractivity contribution < 1.29 is 0 Å². The van der Waals surface area contributed by atoms with Gasteiger partial charge in [-0.25, -0.2) is 9.78 Å². The number of rotatable bonds is 5. The van der Waals surface area contributed by atoms with Gasteiger partial charge in [0.05, 0.1) is 6.54 Å². The molecule has 2 heterocycles. The van der Waals surface area contributed by atoms with Gasteiger partial charge in [-0.05, 0) is 18.9 Å². The van der Waals surface area contributed by atoms with Crippen LogP contribution in [-0.2, 0) is 13.6 Å². The van der Waals surface area contributed by atoms with E-state index in [-0.39, 0.29) is 0 Å². The Balaban J connectivity index is 2.22. The Morgan fingerprint density at radius 1 is 1.32 bits per heavy atom. The first-order valence-electron chi connectivity index (χ1n) is 8.32. The predicted molar refractivity (Wildman–Crippen MR) is 101 cm³/mol. The third-order valence-corrected chi connectivity index (χ3v) is 5.53. The fourth-order valence-corrected chi connectivity index (χ4v) is 3.66. The van der Waals surface area contributed by atoms with Gasteiger partial charge in [-0.15, -0.1) is 0 Å². The zero-order valence-corrected chi connectivity index (χ0v) is 15.7. The van der Waals surface area contributed by atoms with Crippen molar-refractivity contribution >= 4 is 22.9 Å². The molecule has 132 valence electrons. The molecule has 0 saturated heterocycles. The Kier molecular flexibility index (Phi) is 4.85. The zero-order valence-electron chi connectivity index (χ0n) is 14.9. The topological polar surface area (TPSA) is 72.7 Å². The number of fused-ring (bicyclic) bond motifs is 1. The van der Waals surface area contributed by atoms with Crippen LogP contribution in [0.3, 0.4) is 0 Å². The summed E-state index contributed by atoms with van der Waals surface area (Å²) < 4.78 is 3.31. The van der Waals surface area contributed by atoms with Crippen LogP contribution in [0, 0.1) is 6.92 Å². The predicted octanol–water partition coefficient (Wildman–Crippen LogP) is 2.67. The first-order chi connectivity index (χ1) is 11.9. The summed E-state index contributed by atoms with van der Waals surface area (Å²) in [6.07, 6.45) is 0.994. The normalized spacial score (nSPS) is 12.6. The van der Waals surface area contributed by atoms with Crippen LogP contribution in [0.4, 0.5) is 0 Å². The smallest absolute Gasteiger partial charge is 0.309 e. The van der Waals surface area contributed by atoms with Gasteiger partial charge in [0, 0.05) is 12.3 Å². The summed E-state index contributed by atoms with van der Waals surface area (Å²) in [5.41, 5.74) is 2.28. The first-order valence-corrected chi connectivity index (χ1v) is 9.20. The second-order valence-corrected chi connectivity index (χ2v) is 7.70. The summed E-state index contributed by atoms with van der Waals surface area (Å²) in [7, 11) is 1.63. The maximum absolute atomic E-state index is 12.5. The van der Waals surface area contributed by atoms with Crippen molar-refractivity contribution in [2.45, 2.75) is 44.1 Å². The number of nitrogens with zero attached hydrogens (tertiary/aromatic N) is 3. The summed E-state index contributed by atoms with van der Waals surface area (Å²) >= 11 is 1.63. The van der Waals surface area contributed by atoms with Crippen molar-refractivity contribution in [1.29, 1.82) is 0 Å². The fourth-order valence-electron chi connectivity index (χ4n) is 2.71. The molecule has 2 aromatic heterocycles. The molecule has 1 aromatic carbocycles. The van der Waals surface area contributed by atoms with Crippen LogP contribution in [-0.4, -0.2) is 24.4 Å². The molecule has 0 aliphatic rings. The Morgan fingerprint density at radius 2 is 2.08 bits per heavy atom. The number of imidazole rings is 1. The van der Waals surface area contributed by atoms with Crippen molar-refractivity contribution in [1.82, 2.24) is 19.1 Å². The molecule has 0 bridgehead atoms. The van der Waals surface area contributed by atoms with Crippen molar-refractivity contribution in [2.24, 2.45) is 7.05 Å². The van der Waals surface area contributed by atoms with E-state index in [4.69, 9.17) is 0 Å². The molecule has 0 fully saturated rings. The van der Waals surface area contributed by atoms with E-state index < -0.39 is 11.2 Å². The second kappa shape index (κ2) is 6.92. The minimum atomic E-state index is -0.446. The minimum Gasteiger partial charge on any atom is -0.309 e. The van der Waals surface area contributed by atoms with Gasteiger partial charge in [0.1, 0.15) is 0 Å². The lowest BCUT2D eigenvalue weighted by Crippen LogP contribution is -2.29. The van der Waals surface area contributed by atoms with Crippen molar-refractivity contribution in [3.05, 3.63) is 56.2 Å². The highest BCUT2D eigenvalue weighted by molar-refractivity contribution is 7.99. The zero-order chi connectivity index (χ0) is 18.1. The standard InChI is InChI=1S/C18H22N4O2S/c1-5-12(3)25-18-19-15-14(16(23)20-17(24)21(15)4)22(18)10-13-8-6-7-11(2)9-13/h6-9,12H,5,10H2,1-4H3,(H,20,23,24). The number of thioether (sulfide) groups is 1. The van der Waals surface area contributed by atoms with Crippen molar-refractivity contribution in [2.75, 3.05) is 0 Å². The maximum Gasteiger partial charge on any atom is 0.329 e. The highest BCUT2D eigenvalue weighted by Gasteiger charge is 2.19. The molecule has 1 atom stereocenters. The summed E-state index contributed by atoms with van der Waals surface area (Å²) in [6.45, 7) is 6.83. The average Bonchev–Trinajstić information content (AvgIpc) is 2.91. The average molecular weight is 358 g/mol. The molecular formula is C18H22N4O2S. The van der Waals surface area contributed by atoms with Crippen LogP contribution < -0.4 is 11.2 Å². The van der Waals surface area contributed by atoms with Crippen LogP contribution in [0.2, 0.25) is 0 Å². The van der Waals surface area contributed by atoms with E-state index in [0.29, 0.717) is 23.0 Å². The fraction of sp³-hybridized carbons (Fsp3) is 0.389. The molecule has 3 rings (SSSR count). The maximum atomic E-state index is 12.5. The number of H-pyrrole nitrogens is 1. The van der Waals surface area contributed by atoms with E-state index in [0.717, 1.165) is 17.1 Å². The van der Waals surface area contributed by atoms with Gasteiger partial charge in [-0.2, -0.15) is 0 Å². The molecule has 0 aliphatic carbocycles. The second-order valence-electron chi connectivity index (χ2n) is 6.30. The minimum absolute atomic E-state index is 0.365. The van der Waals surface area contributed by atoms with Crippen LogP contribution in [0.15, 0.2) is 39.0 Å². The number of aromatic nitrogens is 4. The van der Waals surface area contributed by atoms with Crippen LogP contribution in [0.5, 0.6) is 0 Å². The van der Waals surface area contributed by atoms with E-state index in [1.165, 1.54) is 10.1 Å². The molecule has 0 spiro atoms. The van der Waals surface area contributed by atoms with E-state index in [1.54, 1.807) is 18.8 Å². The third-order valence-electron chi connectivity index (χ3n) is 4.28. The lowest BCUT2D eigenvalue weighted by Gasteiger charge is -2.11. The molecule has 6 nitrogen and oxygen atoms in total. The van der Waals surface area contributed by atoms with Gasteiger partial charge in [0.2, 0.25) is 0 Å². The molecule has 25 heavy (non-hydrogen) atoms. The summed E-state index contributed by atoms with van der Waals surface area (Å²) in [4.78, 5) is 31.4. The highest BCUT2D eigenvalue weighted by Crippen LogP contribution is 2.27. The Morgan fingerprint density at radius 3 is 2.76 bits per heavy atom. The number of aromatic amines is 1. The van der Waals surface area contributed by atoms with Crippen LogP contribution in [0.25, 0.3) is 11.2 Å². The van der Waals surface area contributed by atoms with Crippen molar-refractivity contribution in [3.8, 4) is 0 Å². The molecule has 0 aliphatic heterocycles. The van der Waals surface area contributed by atoms with E-state index >= 15 is 0 Å². The Bertz CT molecular complexity index is 1030. The van der Waals surface area contributed by atoms with Gasteiger partial charge in [-0.3, -0.25) is 14.3 Å². The summed E-state index contributed by atoms with van der Waals surface area (Å²) in [5.74, 6) is 0. The number of hydrogen-bond donors (Lipinski definition) is 1. The van der Waals surface area contributed by atoms with E-state index in [1.807, 2.05) is 29.7 Å². The van der Waals surface area contributed by atoms with Gasteiger partial charge in [0.15, 0.2) is 16.3 Å². The van der Waals surface area contributed by atoms with Crippen molar-refractivity contribution in [3.63, 3.8) is 0 Å². The molecule has 0 amide bonds. The molecule has 1 N–H and O–H groups in total. The van der Waals surface area contributed by atoms with Gasteiger partial charge in [-0.1, -0.05) is 55.4 Å². The van der Waals surface area contributed by atoms with E-state index in [9.17, 15) is 9.59 Å². The Hall–Kier alpha value is -2.28. The number of hydrogen-bond acceptors (Lipinski definition) is 4.